The zero-order chi connectivity index (χ0) is 26.5. The Balaban J connectivity index is 0.00000481. The number of carbonyl (C=O) groups is 2. The van der Waals surface area contributed by atoms with Crippen molar-refractivity contribution < 1.29 is 36.1 Å². The molecule has 1 heterocycles. The second-order valence-electron chi connectivity index (χ2n) is 8.84. The number of hydrogen-bond acceptors (Lipinski definition) is 8. The van der Waals surface area contributed by atoms with Gasteiger partial charge in [0.15, 0.2) is 6.54 Å². The number of halogens is 1. The number of nitrogens with one attached hydrogen (secondary N) is 3. The molecule has 0 aliphatic heterocycles. The number of aromatic amines is 1. The number of nitrogens with zero attached hydrogens (tertiary/aromatic N) is 4. The Labute approximate surface area is 217 Å². The van der Waals surface area contributed by atoms with Crippen molar-refractivity contribution in [3.63, 3.8) is 0 Å². The first-order chi connectivity index (χ1) is 17.0. The van der Waals surface area contributed by atoms with Crippen LogP contribution < -0.4 is 33.4 Å². The van der Waals surface area contributed by atoms with Crippen LogP contribution in [0.25, 0.3) is 11.0 Å². The molecule has 0 fully saturated rings. The van der Waals surface area contributed by atoms with E-state index < -0.39 is 22.3 Å². The number of nitro groups is 1. The van der Waals surface area contributed by atoms with Gasteiger partial charge in [-0.1, -0.05) is 12.1 Å². The summed E-state index contributed by atoms with van der Waals surface area (Å²) in [7, 11) is 6.91. The zero-order valence-corrected chi connectivity index (χ0v) is 21.3. The van der Waals surface area contributed by atoms with Crippen molar-refractivity contribution in [3.8, 4) is 5.75 Å². The molecule has 0 spiro atoms. The average molecular weight is 532 g/mol. The number of para-hydroxylation sites is 2. The largest absolute Gasteiger partial charge is 1.00 e. The molecule has 0 aliphatic carbocycles. The molecule has 0 unspecified atom stereocenters. The normalized spacial score (nSPS) is 11.4. The number of likely N-dealkylation sites (N-methyl/N-ethyl adjacent to an activating group) is 1. The number of quaternary nitrogens is 1. The maximum atomic E-state index is 13.1. The number of amides is 2. The third-order valence-corrected chi connectivity index (χ3v) is 4.84. The van der Waals surface area contributed by atoms with Crippen molar-refractivity contribution in [2.75, 3.05) is 40.1 Å². The van der Waals surface area contributed by atoms with Crippen LogP contribution >= 0.6 is 0 Å². The Hall–Kier alpha value is -4.36. The molecule has 0 atom stereocenters. The number of rotatable bonds is 9. The molecule has 0 bridgehead atoms. The van der Waals surface area contributed by atoms with Gasteiger partial charge in [-0.25, -0.2) is 10.4 Å². The van der Waals surface area contributed by atoms with Crippen molar-refractivity contribution in [2.24, 2.45) is 5.10 Å². The lowest BCUT2D eigenvalue weighted by atomic mass is 10.1. The van der Waals surface area contributed by atoms with E-state index in [4.69, 9.17) is 4.74 Å². The van der Waals surface area contributed by atoms with E-state index in [0.29, 0.717) is 15.9 Å². The van der Waals surface area contributed by atoms with Crippen LogP contribution in [0, 0.1) is 10.1 Å². The van der Waals surface area contributed by atoms with E-state index in [1.54, 1.807) is 24.3 Å². The van der Waals surface area contributed by atoms with Gasteiger partial charge < -0.3 is 31.9 Å². The summed E-state index contributed by atoms with van der Waals surface area (Å²) < 4.78 is 5.58. The van der Waals surface area contributed by atoms with Gasteiger partial charge >= 0.3 is 0 Å². The summed E-state index contributed by atoms with van der Waals surface area (Å²) in [6, 6.07) is 10.6. The molecule has 3 N–H and O–H groups in total. The van der Waals surface area contributed by atoms with E-state index in [2.05, 4.69) is 25.8 Å². The van der Waals surface area contributed by atoms with Crippen LogP contribution in [0.1, 0.15) is 5.69 Å². The summed E-state index contributed by atoms with van der Waals surface area (Å²) >= 11 is 0. The van der Waals surface area contributed by atoms with Gasteiger partial charge in [0.1, 0.15) is 17.2 Å². The van der Waals surface area contributed by atoms with Crippen LogP contribution in [0.15, 0.2) is 52.4 Å². The predicted molar refractivity (Wildman–Crippen MR) is 133 cm³/mol. The Morgan fingerprint density at radius 2 is 1.89 bits per heavy atom. The standard InChI is InChI=1S/C23H25N7O6.ClH/c1-30(2,3)13-21(31)28-27-19(23(33)25-16-7-5-6-8-20(16)36-4)12-18-22(32)26-17-11-14(29(34)35)9-10-15(17)24-18;/h5-11H,12-13H2,1-4H3,(H2-,25,26,28,31,32,33);1H. The lowest BCUT2D eigenvalue weighted by Crippen LogP contribution is -3.00. The van der Waals surface area contributed by atoms with Gasteiger partial charge in [-0.15, -0.1) is 0 Å². The highest BCUT2D eigenvalue weighted by Crippen LogP contribution is 2.23. The van der Waals surface area contributed by atoms with E-state index in [9.17, 15) is 24.5 Å². The molecule has 1 aromatic heterocycles. The van der Waals surface area contributed by atoms with Gasteiger partial charge in [-0.3, -0.25) is 24.5 Å². The second kappa shape index (κ2) is 12.1. The van der Waals surface area contributed by atoms with Crippen molar-refractivity contribution in [1.29, 1.82) is 0 Å². The molecule has 2 amide bonds. The fraction of sp³-hybridized carbons (Fsp3) is 0.261. The molecule has 2 aromatic carbocycles. The first-order valence-electron chi connectivity index (χ1n) is 10.7. The number of ether oxygens (including phenoxy) is 1. The van der Waals surface area contributed by atoms with Crippen LogP contribution in [-0.2, 0) is 16.0 Å². The summed E-state index contributed by atoms with van der Waals surface area (Å²) in [5, 5.41) is 17.7. The second-order valence-corrected chi connectivity index (χ2v) is 8.84. The SMILES string of the molecule is COc1ccccc1NC(=O)C(Cc1nc2ccc([N+](=O)[O-])cc2[nH]c1=O)=NNC(=O)C[N+](C)(C)C.[Cl-]. The third-order valence-electron chi connectivity index (χ3n) is 4.84. The highest BCUT2D eigenvalue weighted by molar-refractivity contribution is 6.43. The Morgan fingerprint density at radius 3 is 2.54 bits per heavy atom. The highest BCUT2D eigenvalue weighted by Gasteiger charge is 2.20. The number of anilines is 1. The number of hydrazone groups is 1. The first kappa shape index (κ1) is 28.9. The molecular weight excluding hydrogens is 506 g/mol. The number of aromatic nitrogens is 2. The van der Waals surface area contributed by atoms with Gasteiger partial charge in [0.05, 0.1) is 49.9 Å². The smallest absolute Gasteiger partial charge is 0.295 e. The minimum absolute atomic E-state index is 0. The van der Waals surface area contributed by atoms with Crippen LogP contribution in [0.2, 0.25) is 0 Å². The van der Waals surface area contributed by atoms with Crippen molar-refractivity contribution >= 4 is 39.9 Å². The molecule has 0 saturated carbocycles. The van der Waals surface area contributed by atoms with Crippen LogP contribution in [0.4, 0.5) is 11.4 Å². The van der Waals surface area contributed by atoms with Gasteiger partial charge in [0, 0.05) is 18.6 Å². The first-order valence-corrected chi connectivity index (χ1v) is 10.7. The Morgan fingerprint density at radius 1 is 1.19 bits per heavy atom. The van der Waals surface area contributed by atoms with Gasteiger partial charge in [-0.2, -0.15) is 5.10 Å². The lowest BCUT2D eigenvalue weighted by Gasteiger charge is -2.22. The number of fused-ring (bicyclic) bond motifs is 1. The molecule has 3 aromatic rings. The monoisotopic (exact) mass is 531 g/mol. The molecule has 0 aliphatic rings. The minimum Gasteiger partial charge on any atom is -1.00 e. The maximum absolute atomic E-state index is 13.1. The molecule has 0 radical (unpaired) electrons. The van der Waals surface area contributed by atoms with Gasteiger partial charge in [0.25, 0.3) is 23.1 Å². The van der Waals surface area contributed by atoms with E-state index in [1.165, 1.54) is 25.3 Å². The summed E-state index contributed by atoms with van der Waals surface area (Å²) in [5.74, 6) is -0.713. The molecule has 3 rings (SSSR count). The summed E-state index contributed by atoms with van der Waals surface area (Å²) in [5.41, 5.74) is 2.07. The van der Waals surface area contributed by atoms with E-state index in [0.717, 1.165) is 0 Å². The van der Waals surface area contributed by atoms with Crippen molar-refractivity contribution in [2.45, 2.75) is 6.42 Å². The fourth-order valence-electron chi connectivity index (χ4n) is 3.21. The third kappa shape index (κ3) is 7.81. The maximum Gasteiger partial charge on any atom is 0.295 e. The van der Waals surface area contributed by atoms with Crippen molar-refractivity contribution in [1.82, 2.24) is 15.4 Å². The Bertz CT molecular complexity index is 1410. The summed E-state index contributed by atoms with van der Waals surface area (Å²) in [4.78, 5) is 55.3. The average Bonchev–Trinajstić information content (AvgIpc) is 2.80. The number of non-ortho nitro benzene ring substituents is 1. The zero-order valence-electron chi connectivity index (χ0n) is 20.6. The number of methoxy groups -OCH3 is 1. The quantitative estimate of drug-likeness (QED) is 0.127. The number of H-pyrrole nitrogens is 1. The minimum atomic E-state index is -0.685. The predicted octanol–water partition coefficient (Wildman–Crippen LogP) is -1.80. The van der Waals surface area contributed by atoms with E-state index in [-0.39, 0.29) is 53.5 Å². The number of hydrogen-bond donors (Lipinski definition) is 3. The number of benzene rings is 2. The van der Waals surface area contributed by atoms with E-state index >= 15 is 0 Å². The van der Waals surface area contributed by atoms with Crippen LogP contribution in [-0.4, -0.2) is 71.7 Å². The number of carbonyl (C=O) groups excluding carboxylic acids is 2. The van der Waals surface area contributed by atoms with E-state index in [1.807, 2.05) is 21.1 Å². The van der Waals surface area contributed by atoms with Gasteiger partial charge in [0.2, 0.25) is 0 Å². The summed E-state index contributed by atoms with van der Waals surface area (Å²) in [6.07, 6.45) is -0.325. The fourth-order valence-corrected chi connectivity index (χ4v) is 3.21. The molecule has 0 saturated heterocycles. The molecule has 14 heteroatoms. The molecule has 196 valence electrons. The topological polar surface area (TPSA) is 169 Å². The van der Waals surface area contributed by atoms with Crippen LogP contribution in [0.5, 0.6) is 5.75 Å². The highest BCUT2D eigenvalue weighted by atomic mass is 35.5. The van der Waals surface area contributed by atoms with Crippen LogP contribution in [0.3, 0.4) is 0 Å². The Kier molecular flexibility index (Phi) is 9.41. The lowest BCUT2D eigenvalue weighted by molar-refractivity contribution is -0.862. The van der Waals surface area contributed by atoms with Gasteiger partial charge in [-0.05, 0) is 18.2 Å². The van der Waals surface area contributed by atoms with Crippen molar-refractivity contribution in [3.05, 3.63) is 68.6 Å². The molecule has 37 heavy (non-hydrogen) atoms. The number of nitro benzene ring substituents is 1. The summed E-state index contributed by atoms with van der Waals surface area (Å²) in [6.45, 7) is 0.0957. The molecule has 13 nitrogen and oxygen atoms in total. The molecular formula is C23H26ClN7O6.